The zero-order valence-electron chi connectivity index (χ0n) is 14.2. The van der Waals surface area contributed by atoms with Crippen molar-refractivity contribution in [1.29, 1.82) is 0 Å². The summed E-state index contributed by atoms with van der Waals surface area (Å²) in [7, 11) is 0. The van der Waals surface area contributed by atoms with Gasteiger partial charge in [0.25, 0.3) is 5.56 Å². The number of carbonyl (C=O) groups excluding carboxylic acids is 1. The number of nitrogens with zero attached hydrogens (tertiary/aromatic N) is 3. The van der Waals surface area contributed by atoms with Crippen molar-refractivity contribution in [1.82, 2.24) is 15.0 Å². The second-order valence-corrected chi connectivity index (χ2v) is 8.40. The molecule has 2 aromatic heterocycles. The first-order valence-electron chi connectivity index (χ1n) is 8.51. The molecule has 6 nitrogen and oxygen atoms in total. The van der Waals surface area contributed by atoms with E-state index in [1.165, 1.54) is 9.56 Å². The van der Waals surface area contributed by atoms with Gasteiger partial charge in [0.05, 0.1) is 5.39 Å². The van der Waals surface area contributed by atoms with Crippen LogP contribution in [-0.2, 0) is 17.6 Å². The minimum Gasteiger partial charge on any atom is -0.324 e. The van der Waals surface area contributed by atoms with E-state index < -0.39 is 6.04 Å². The summed E-state index contributed by atoms with van der Waals surface area (Å²) >= 11 is 4.92. The fourth-order valence-corrected chi connectivity index (χ4v) is 4.69. The minimum absolute atomic E-state index is 0.229. The molecule has 0 spiro atoms. The second-order valence-electron chi connectivity index (χ2n) is 6.40. The number of benzene rings is 1. The largest absolute Gasteiger partial charge is 0.324 e. The van der Waals surface area contributed by atoms with Crippen LogP contribution in [0.4, 0.5) is 5.69 Å². The Morgan fingerprint density at radius 1 is 1.27 bits per heavy atom. The third kappa shape index (κ3) is 3.07. The number of halogens is 1. The van der Waals surface area contributed by atoms with Gasteiger partial charge in [-0.15, -0.1) is 16.4 Å². The van der Waals surface area contributed by atoms with Crippen molar-refractivity contribution in [2.45, 2.75) is 38.6 Å². The number of carbonyl (C=O) groups is 1. The number of fused-ring (bicyclic) bond motifs is 3. The first-order chi connectivity index (χ1) is 12.5. The van der Waals surface area contributed by atoms with Crippen LogP contribution >= 0.6 is 27.3 Å². The van der Waals surface area contributed by atoms with E-state index in [0.29, 0.717) is 15.9 Å². The van der Waals surface area contributed by atoms with Crippen molar-refractivity contribution < 1.29 is 4.79 Å². The van der Waals surface area contributed by atoms with E-state index in [1.54, 1.807) is 30.4 Å². The van der Waals surface area contributed by atoms with Crippen LogP contribution < -0.4 is 10.9 Å². The summed E-state index contributed by atoms with van der Waals surface area (Å²) in [6, 6.07) is 6.52. The van der Waals surface area contributed by atoms with Crippen molar-refractivity contribution in [3.8, 4) is 0 Å². The third-order valence-corrected chi connectivity index (χ3v) is 6.37. The number of hydrogen-bond acceptors (Lipinski definition) is 5. The number of aromatic nitrogens is 3. The maximum Gasteiger partial charge on any atom is 0.279 e. The fraction of sp³-hybridized carbons (Fsp3) is 0.333. The Hall–Kier alpha value is -2.06. The van der Waals surface area contributed by atoms with Gasteiger partial charge in [0.1, 0.15) is 6.04 Å². The molecule has 1 aliphatic carbocycles. The van der Waals surface area contributed by atoms with Crippen LogP contribution in [0.25, 0.3) is 10.2 Å². The first kappa shape index (κ1) is 17.4. The highest BCUT2D eigenvalue weighted by Gasteiger charge is 2.24. The molecular weight excluding hydrogens is 416 g/mol. The van der Waals surface area contributed by atoms with E-state index in [0.717, 1.165) is 35.7 Å². The minimum atomic E-state index is -0.748. The summed E-state index contributed by atoms with van der Waals surface area (Å²) in [5, 5.41) is 11.7. The zero-order valence-corrected chi connectivity index (χ0v) is 16.6. The number of nitrogens with one attached hydrogen (secondary N) is 1. The third-order valence-electron chi connectivity index (χ3n) is 4.66. The quantitative estimate of drug-likeness (QED) is 0.684. The summed E-state index contributed by atoms with van der Waals surface area (Å²) in [4.78, 5) is 27.5. The van der Waals surface area contributed by atoms with E-state index in [4.69, 9.17) is 0 Å². The second kappa shape index (κ2) is 6.92. The Bertz CT molecular complexity index is 1040. The van der Waals surface area contributed by atoms with E-state index >= 15 is 0 Å². The summed E-state index contributed by atoms with van der Waals surface area (Å²) in [6.07, 6.45) is 4.12. The normalized spacial score (nSPS) is 14.8. The molecule has 0 fully saturated rings. The van der Waals surface area contributed by atoms with Crippen molar-refractivity contribution >= 4 is 49.1 Å². The molecule has 134 valence electrons. The lowest BCUT2D eigenvalue weighted by atomic mass is 9.97. The van der Waals surface area contributed by atoms with Gasteiger partial charge in [0, 0.05) is 15.0 Å². The van der Waals surface area contributed by atoms with Crippen LogP contribution in [0.15, 0.2) is 33.5 Å². The summed E-state index contributed by atoms with van der Waals surface area (Å²) < 4.78 is 2.12. The van der Waals surface area contributed by atoms with E-state index in [1.807, 2.05) is 12.1 Å². The number of thiophene rings is 1. The Morgan fingerprint density at radius 3 is 2.77 bits per heavy atom. The molecular formula is C18H17BrN4O2S. The molecule has 8 heteroatoms. The Balaban J connectivity index is 1.67. The fourth-order valence-electron chi connectivity index (χ4n) is 3.23. The molecule has 1 aliphatic rings. The van der Waals surface area contributed by atoms with Gasteiger partial charge < -0.3 is 5.32 Å². The van der Waals surface area contributed by atoms with E-state index in [9.17, 15) is 9.59 Å². The molecule has 0 aliphatic heterocycles. The standard InChI is InChI=1S/C18H17BrN4O2S/c1-10(16(24)20-12-8-6-11(19)7-9-12)23-18(25)15-13-4-2-3-5-14(13)26-17(15)21-22-23/h6-10H,2-5H2,1H3,(H,20,24)/t10-/m1/s1. The van der Waals surface area contributed by atoms with Crippen molar-refractivity contribution in [3.05, 3.63) is 49.5 Å². The topological polar surface area (TPSA) is 76.9 Å². The molecule has 1 amide bonds. The SMILES string of the molecule is C[C@H](C(=O)Nc1ccc(Br)cc1)n1nnc2sc3c(c2c1=O)CCCC3. The molecule has 0 radical (unpaired) electrons. The van der Waals surface area contributed by atoms with Gasteiger partial charge in [0.2, 0.25) is 5.91 Å². The highest BCUT2D eigenvalue weighted by Crippen LogP contribution is 2.33. The van der Waals surface area contributed by atoms with Crippen LogP contribution in [0.3, 0.4) is 0 Å². The number of aryl methyl sites for hydroxylation is 2. The molecule has 0 saturated carbocycles. The summed E-state index contributed by atoms with van der Waals surface area (Å²) in [5.41, 5.74) is 1.54. The van der Waals surface area contributed by atoms with Gasteiger partial charge in [-0.3, -0.25) is 9.59 Å². The number of rotatable bonds is 3. The molecule has 26 heavy (non-hydrogen) atoms. The average molecular weight is 433 g/mol. The Kier molecular flexibility index (Phi) is 4.62. The molecule has 2 heterocycles. The molecule has 1 atom stereocenters. The van der Waals surface area contributed by atoms with Crippen LogP contribution in [0.1, 0.15) is 36.2 Å². The predicted octanol–water partition coefficient (Wildman–Crippen LogP) is 3.69. The smallest absolute Gasteiger partial charge is 0.279 e. The molecule has 1 aromatic carbocycles. The van der Waals surface area contributed by atoms with Crippen LogP contribution in [-0.4, -0.2) is 20.9 Å². The molecule has 0 bridgehead atoms. The first-order valence-corrected chi connectivity index (χ1v) is 10.1. The van der Waals surface area contributed by atoms with Gasteiger partial charge >= 0.3 is 0 Å². The maximum atomic E-state index is 13.0. The number of hydrogen-bond donors (Lipinski definition) is 1. The summed E-state index contributed by atoms with van der Waals surface area (Å²) in [5.74, 6) is -0.299. The molecule has 0 unspecified atom stereocenters. The zero-order chi connectivity index (χ0) is 18.3. The van der Waals surface area contributed by atoms with Gasteiger partial charge in [-0.1, -0.05) is 21.1 Å². The average Bonchev–Trinajstić information content (AvgIpc) is 3.02. The van der Waals surface area contributed by atoms with Gasteiger partial charge in [-0.2, -0.15) is 4.68 Å². The van der Waals surface area contributed by atoms with Crippen molar-refractivity contribution in [3.63, 3.8) is 0 Å². The van der Waals surface area contributed by atoms with Gasteiger partial charge in [-0.05, 0) is 62.4 Å². The number of amides is 1. The molecule has 3 aromatic rings. The highest BCUT2D eigenvalue weighted by molar-refractivity contribution is 9.10. The lowest BCUT2D eigenvalue weighted by Gasteiger charge is -2.14. The highest BCUT2D eigenvalue weighted by atomic mass is 79.9. The van der Waals surface area contributed by atoms with Crippen LogP contribution in [0, 0.1) is 0 Å². The lowest BCUT2D eigenvalue weighted by Crippen LogP contribution is -2.34. The van der Waals surface area contributed by atoms with E-state index in [2.05, 4.69) is 31.6 Å². The van der Waals surface area contributed by atoms with Crippen LogP contribution in [0.5, 0.6) is 0 Å². The monoisotopic (exact) mass is 432 g/mol. The van der Waals surface area contributed by atoms with E-state index in [-0.39, 0.29) is 11.5 Å². The molecule has 1 N–H and O–H groups in total. The maximum absolute atomic E-state index is 13.0. The summed E-state index contributed by atoms with van der Waals surface area (Å²) in [6.45, 7) is 1.66. The Labute approximate surface area is 162 Å². The van der Waals surface area contributed by atoms with Gasteiger partial charge in [-0.25, -0.2) is 0 Å². The lowest BCUT2D eigenvalue weighted by molar-refractivity contribution is -0.119. The molecule has 0 saturated heterocycles. The Morgan fingerprint density at radius 2 is 2.00 bits per heavy atom. The number of anilines is 1. The van der Waals surface area contributed by atoms with Crippen molar-refractivity contribution in [2.75, 3.05) is 5.32 Å². The van der Waals surface area contributed by atoms with Crippen molar-refractivity contribution in [2.24, 2.45) is 0 Å². The van der Waals surface area contributed by atoms with Gasteiger partial charge in [0.15, 0.2) is 4.83 Å². The molecule has 4 rings (SSSR count). The van der Waals surface area contributed by atoms with Crippen LogP contribution in [0.2, 0.25) is 0 Å². The predicted molar refractivity (Wildman–Crippen MR) is 106 cm³/mol.